The van der Waals surface area contributed by atoms with Crippen LogP contribution in [-0.4, -0.2) is 81.3 Å². The normalized spacial score (nSPS) is 22.5. The van der Waals surface area contributed by atoms with E-state index in [0.29, 0.717) is 32.1 Å². The number of morpholine rings is 2. The fourth-order valence-corrected chi connectivity index (χ4v) is 3.59. The van der Waals surface area contributed by atoms with Crippen molar-refractivity contribution in [1.29, 1.82) is 0 Å². The summed E-state index contributed by atoms with van der Waals surface area (Å²) in [7, 11) is 1.78. The molecule has 9 heteroatoms. The molecule has 0 aliphatic carbocycles. The minimum atomic E-state index is -0.998. The summed E-state index contributed by atoms with van der Waals surface area (Å²) in [5.74, 6) is -0.802. The van der Waals surface area contributed by atoms with Gasteiger partial charge < -0.3 is 23.8 Å². The molecule has 0 saturated carbocycles. The number of hydrogen-bond acceptors (Lipinski definition) is 6. The number of amides is 2. The summed E-state index contributed by atoms with van der Waals surface area (Å²) in [6, 6.07) is 3.69. The van der Waals surface area contributed by atoms with Gasteiger partial charge in [0.05, 0.1) is 32.7 Å². The molecular formula is C19H23N5O4. The van der Waals surface area contributed by atoms with E-state index in [2.05, 4.69) is 9.97 Å². The average Bonchev–Trinajstić information content (AvgIpc) is 3.14. The van der Waals surface area contributed by atoms with Crippen molar-refractivity contribution in [1.82, 2.24) is 24.3 Å². The van der Waals surface area contributed by atoms with Crippen LogP contribution in [0.4, 0.5) is 0 Å². The lowest BCUT2D eigenvalue weighted by Crippen LogP contribution is -2.64. The van der Waals surface area contributed by atoms with Crippen molar-refractivity contribution in [3.8, 4) is 0 Å². The lowest BCUT2D eigenvalue weighted by atomic mass is 10.1. The second-order valence-corrected chi connectivity index (χ2v) is 7.05. The maximum Gasteiger partial charge on any atom is 0.290 e. The number of carbonyl (C=O) groups excluding carboxylic acids is 2. The molecular weight excluding hydrogens is 362 g/mol. The van der Waals surface area contributed by atoms with Crippen LogP contribution in [-0.2, 0) is 27.7 Å². The third-order valence-corrected chi connectivity index (χ3v) is 5.05. The molecule has 2 aliphatic heterocycles. The zero-order valence-electron chi connectivity index (χ0n) is 15.8. The Bertz CT molecular complexity index is 851. The second kappa shape index (κ2) is 7.69. The third kappa shape index (κ3) is 3.76. The Morgan fingerprint density at radius 3 is 2.57 bits per heavy atom. The number of pyridine rings is 1. The minimum absolute atomic E-state index is 0.00757. The average molecular weight is 385 g/mol. The van der Waals surface area contributed by atoms with Crippen LogP contribution in [0.2, 0.25) is 0 Å². The van der Waals surface area contributed by atoms with Crippen molar-refractivity contribution < 1.29 is 19.1 Å². The molecule has 0 aromatic carbocycles. The number of aryl methyl sites for hydroxylation is 1. The van der Waals surface area contributed by atoms with Gasteiger partial charge in [-0.2, -0.15) is 0 Å². The standard InChI is InChI=1S/C19H23N5O4/c1-22-6-5-21-17(22)18(26)24-8-10-28-19(14-24)13-23(7-9-27-19)16(25)11-15-3-2-4-20-12-15/h2-6,12H,7-11,13-14H2,1H3. The van der Waals surface area contributed by atoms with Gasteiger partial charge >= 0.3 is 0 Å². The third-order valence-electron chi connectivity index (χ3n) is 5.05. The molecule has 0 bridgehead atoms. The van der Waals surface area contributed by atoms with E-state index in [0.717, 1.165) is 5.56 Å². The molecule has 2 aromatic rings. The second-order valence-electron chi connectivity index (χ2n) is 7.05. The van der Waals surface area contributed by atoms with E-state index >= 15 is 0 Å². The molecule has 4 rings (SSSR count). The number of carbonyl (C=O) groups is 2. The smallest absolute Gasteiger partial charge is 0.290 e. The van der Waals surface area contributed by atoms with Crippen molar-refractivity contribution in [3.63, 3.8) is 0 Å². The van der Waals surface area contributed by atoms with Crippen molar-refractivity contribution in [2.24, 2.45) is 7.05 Å². The van der Waals surface area contributed by atoms with E-state index in [1.807, 2.05) is 12.1 Å². The zero-order chi connectivity index (χ0) is 19.6. The Morgan fingerprint density at radius 1 is 1.14 bits per heavy atom. The molecule has 28 heavy (non-hydrogen) atoms. The van der Waals surface area contributed by atoms with E-state index in [1.54, 1.807) is 46.2 Å². The van der Waals surface area contributed by atoms with Crippen LogP contribution >= 0.6 is 0 Å². The van der Waals surface area contributed by atoms with Crippen LogP contribution in [0.25, 0.3) is 0 Å². The van der Waals surface area contributed by atoms with Gasteiger partial charge in [-0.15, -0.1) is 0 Å². The van der Waals surface area contributed by atoms with Crippen LogP contribution in [0.5, 0.6) is 0 Å². The molecule has 4 heterocycles. The fraction of sp³-hybridized carbons (Fsp3) is 0.474. The zero-order valence-corrected chi connectivity index (χ0v) is 15.8. The highest BCUT2D eigenvalue weighted by molar-refractivity contribution is 5.91. The molecule has 148 valence electrons. The first kappa shape index (κ1) is 18.6. The highest BCUT2D eigenvalue weighted by Crippen LogP contribution is 2.26. The molecule has 1 atom stereocenters. The quantitative estimate of drug-likeness (QED) is 0.744. The number of imidazole rings is 1. The minimum Gasteiger partial charge on any atom is -0.345 e. The number of hydrogen-bond donors (Lipinski definition) is 0. The lowest BCUT2D eigenvalue weighted by Gasteiger charge is -2.47. The van der Waals surface area contributed by atoms with Gasteiger partial charge in [-0.25, -0.2) is 4.98 Å². The van der Waals surface area contributed by atoms with Crippen LogP contribution in [0.3, 0.4) is 0 Å². The van der Waals surface area contributed by atoms with Crippen molar-refractivity contribution in [2.45, 2.75) is 12.2 Å². The summed E-state index contributed by atoms with van der Waals surface area (Å²) < 4.78 is 13.5. The van der Waals surface area contributed by atoms with E-state index < -0.39 is 5.79 Å². The van der Waals surface area contributed by atoms with Gasteiger partial charge in [-0.1, -0.05) is 6.07 Å². The van der Waals surface area contributed by atoms with E-state index in [9.17, 15) is 9.59 Å². The van der Waals surface area contributed by atoms with Crippen LogP contribution in [0.1, 0.15) is 16.2 Å². The molecule has 0 N–H and O–H groups in total. The SMILES string of the molecule is Cn1ccnc1C(=O)N1CCOC2(CN(C(=O)Cc3cccnc3)CCO2)C1. The van der Waals surface area contributed by atoms with Gasteiger partial charge in [0.2, 0.25) is 11.7 Å². The Labute approximate surface area is 162 Å². The fourth-order valence-electron chi connectivity index (χ4n) is 3.59. The predicted octanol–water partition coefficient (Wildman–Crippen LogP) is 0.0853. The van der Waals surface area contributed by atoms with E-state index in [-0.39, 0.29) is 31.3 Å². The number of nitrogens with zero attached hydrogens (tertiary/aromatic N) is 5. The summed E-state index contributed by atoms with van der Waals surface area (Å²) in [4.78, 5) is 37.2. The molecule has 1 unspecified atom stereocenters. The number of ether oxygens (including phenoxy) is 2. The van der Waals surface area contributed by atoms with Gasteiger partial charge in [-0.3, -0.25) is 14.6 Å². The van der Waals surface area contributed by atoms with Crippen molar-refractivity contribution in [3.05, 3.63) is 48.3 Å². The first-order valence-corrected chi connectivity index (χ1v) is 9.27. The van der Waals surface area contributed by atoms with E-state index in [4.69, 9.17) is 9.47 Å². The van der Waals surface area contributed by atoms with E-state index in [1.165, 1.54) is 0 Å². The monoisotopic (exact) mass is 385 g/mol. The molecule has 2 aromatic heterocycles. The van der Waals surface area contributed by atoms with Gasteiger partial charge in [0.25, 0.3) is 5.91 Å². The Morgan fingerprint density at radius 2 is 1.89 bits per heavy atom. The van der Waals surface area contributed by atoms with Crippen molar-refractivity contribution in [2.75, 3.05) is 39.4 Å². The summed E-state index contributed by atoms with van der Waals surface area (Å²) >= 11 is 0. The summed E-state index contributed by atoms with van der Waals surface area (Å²) in [5, 5.41) is 0. The van der Waals surface area contributed by atoms with Crippen LogP contribution in [0, 0.1) is 0 Å². The topological polar surface area (TPSA) is 89.8 Å². The maximum absolute atomic E-state index is 12.8. The summed E-state index contributed by atoms with van der Waals surface area (Å²) in [6.45, 7) is 2.22. The molecule has 9 nitrogen and oxygen atoms in total. The summed E-state index contributed by atoms with van der Waals surface area (Å²) in [6.07, 6.45) is 6.98. The van der Waals surface area contributed by atoms with Gasteiger partial charge in [0.1, 0.15) is 0 Å². The number of rotatable bonds is 3. The van der Waals surface area contributed by atoms with Gasteiger partial charge in [0.15, 0.2) is 5.82 Å². The Hall–Kier alpha value is -2.78. The van der Waals surface area contributed by atoms with Gasteiger partial charge in [0, 0.05) is 44.9 Å². The largest absolute Gasteiger partial charge is 0.345 e. The summed E-state index contributed by atoms with van der Waals surface area (Å²) in [5.41, 5.74) is 0.865. The molecule has 2 fully saturated rings. The Balaban J connectivity index is 1.44. The van der Waals surface area contributed by atoms with Crippen LogP contribution < -0.4 is 0 Å². The van der Waals surface area contributed by atoms with Gasteiger partial charge in [-0.05, 0) is 11.6 Å². The Kier molecular flexibility index (Phi) is 5.10. The predicted molar refractivity (Wildman–Crippen MR) is 98.3 cm³/mol. The van der Waals surface area contributed by atoms with Crippen molar-refractivity contribution >= 4 is 11.8 Å². The molecule has 1 spiro atoms. The maximum atomic E-state index is 12.8. The molecule has 2 saturated heterocycles. The first-order valence-electron chi connectivity index (χ1n) is 9.27. The lowest BCUT2D eigenvalue weighted by molar-refractivity contribution is -0.284. The highest BCUT2D eigenvalue weighted by atomic mass is 16.7. The molecule has 2 aliphatic rings. The molecule has 0 radical (unpaired) electrons. The molecule has 2 amide bonds. The first-order chi connectivity index (χ1) is 13.6. The van der Waals surface area contributed by atoms with Crippen LogP contribution in [0.15, 0.2) is 36.9 Å². The number of aromatic nitrogens is 3. The highest BCUT2D eigenvalue weighted by Gasteiger charge is 2.44.